The fraction of sp³-hybridized carbons (Fsp3) is 0.500. The van der Waals surface area contributed by atoms with E-state index in [9.17, 15) is 4.79 Å². The second-order valence-electron chi connectivity index (χ2n) is 2.46. The van der Waals surface area contributed by atoms with Gasteiger partial charge in [0.15, 0.2) is 0 Å². The minimum atomic E-state index is 0.0591. The first-order valence-corrected chi connectivity index (χ1v) is 4.37. The number of nitrogens with one attached hydrogen (secondary N) is 1. The average molecular weight is 167 g/mol. The molecule has 1 amide bonds. The quantitative estimate of drug-likeness (QED) is 0.640. The molecule has 0 radical (unpaired) electrons. The maximum atomic E-state index is 11.0. The summed E-state index contributed by atoms with van der Waals surface area (Å²) < 4.78 is 0. The van der Waals surface area contributed by atoms with E-state index >= 15 is 0 Å². The van der Waals surface area contributed by atoms with Crippen molar-refractivity contribution in [3.63, 3.8) is 0 Å². The van der Waals surface area contributed by atoms with E-state index in [0.717, 1.165) is 12.1 Å². The van der Waals surface area contributed by atoms with Gasteiger partial charge in [0.05, 0.1) is 0 Å². The molecule has 0 rings (SSSR count). The van der Waals surface area contributed by atoms with Crippen LogP contribution in [-0.2, 0) is 4.79 Å². The van der Waals surface area contributed by atoms with Crippen molar-refractivity contribution in [3.8, 4) is 0 Å². The fourth-order valence-electron chi connectivity index (χ4n) is 0.704. The van der Waals surface area contributed by atoms with Crippen molar-refractivity contribution < 1.29 is 4.79 Å². The van der Waals surface area contributed by atoms with Crippen LogP contribution in [0.4, 0.5) is 0 Å². The Morgan fingerprint density at radius 2 is 2.08 bits per heavy atom. The van der Waals surface area contributed by atoms with Crippen LogP contribution in [0.1, 0.15) is 33.6 Å². The van der Waals surface area contributed by atoms with Crippen molar-refractivity contribution in [2.75, 3.05) is 0 Å². The number of amides is 1. The lowest BCUT2D eigenvalue weighted by molar-refractivity contribution is -0.120. The van der Waals surface area contributed by atoms with Gasteiger partial charge in [0.1, 0.15) is 0 Å². The summed E-state index contributed by atoms with van der Waals surface area (Å²) in [7, 11) is 0. The van der Waals surface area contributed by atoms with Gasteiger partial charge in [-0.3, -0.25) is 4.79 Å². The minimum Gasteiger partial charge on any atom is -0.326 e. The van der Waals surface area contributed by atoms with E-state index < -0.39 is 0 Å². The molecule has 0 aromatic rings. The predicted octanol–water partition coefficient (Wildman–Crippen LogP) is 2.38. The zero-order valence-corrected chi connectivity index (χ0v) is 8.05. The highest BCUT2D eigenvalue weighted by atomic mass is 16.1. The van der Waals surface area contributed by atoms with Gasteiger partial charge in [-0.25, -0.2) is 0 Å². The molecular formula is C10H17NO. The van der Waals surface area contributed by atoms with E-state index in [1.54, 1.807) is 0 Å². The summed E-state index contributed by atoms with van der Waals surface area (Å²) in [5.74, 6) is 0.0591. The molecular weight excluding hydrogens is 150 g/mol. The van der Waals surface area contributed by atoms with Gasteiger partial charge >= 0.3 is 0 Å². The molecule has 0 fully saturated rings. The Morgan fingerprint density at radius 3 is 2.50 bits per heavy atom. The molecule has 0 aliphatic heterocycles. The van der Waals surface area contributed by atoms with Crippen molar-refractivity contribution in [2.45, 2.75) is 33.6 Å². The zero-order valence-electron chi connectivity index (χ0n) is 8.05. The second-order valence-corrected chi connectivity index (χ2v) is 2.46. The summed E-state index contributed by atoms with van der Waals surface area (Å²) in [6.07, 6.45) is 7.34. The molecule has 0 atom stereocenters. The molecule has 68 valence electrons. The lowest BCUT2D eigenvalue weighted by Crippen LogP contribution is -2.20. The molecule has 0 saturated carbocycles. The van der Waals surface area contributed by atoms with E-state index in [1.807, 2.05) is 32.1 Å². The van der Waals surface area contributed by atoms with E-state index in [0.29, 0.717) is 6.42 Å². The smallest absolute Gasteiger partial charge is 0.224 e. The fourth-order valence-corrected chi connectivity index (χ4v) is 0.704. The number of hydrogen-bond donors (Lipinski definition) is 1. The molecule has 2 heteroatoms. The normalized spacial score (nSPS) is 12.1. The van der Waals surface area contributed by atoms with Gasteiger partial charge in [0.2, 0.25) is 5.91 Å². The molecule has 12 heavy (non-hydrogen) atoms. The zero-order chi connectivity index (χ0) is 9.40. The molecule has 0 spiro atoms. The molecule has 0 aliphatic rings. The highest BCUT2D eigenvalue weighted by Crippen LogP contribution is 1.94. The van der Waals surface area contributed by atoms with Crippen LogP contribution in [-0.4, -0.2) is 5.91 Å². The van der Waals surface area contributed by atoms with Crippen LogP contribution < -0.4 is 5.32 Å². The predicted molar refractivity (Wildman–Crippen MR) is 51.6 cm³/mol. The van der Waals surface area contributed by atoms with Gasteiger partial charge in [-0.1, -0.05) is 26.0 Å². The Bertz CT molecular complexity index is 192. The van der Waals surface area contributed by atoms with Crippen molar-refractivity contribution in [2.24, 2.45) is 0 Å². The highest BCUT2D eigenvalue weighted by molar-refractivity contribution is 5.77. The maximum Gasteiger partial charge on any atom is 0.224 e. The highest BCUT2D eigenvalue weighted by Gasteiger charge is 1.96. The maximum absolute atomic E-state index is 11.0. The number of allylic oxidation sites excluding steroid dienone is 3. The largest absolute Gasteiger partial charge is 0.326 e. The van der Waals surface area contributed by atoms with Gasteiger partial charge in [0.25, 0.3) is 0 Å². The standard InChI is InChI=1S/C10H17NO/c1-4-7-8-9(5-2)11-10(12)6-3/h5,7-8H,4,6H2,1-3H3,(H,11,12)/b8-7-,9-5+. The van der Waals surface area contributed by atoms with E-state index in [1.165, 1.54) is 0 Å². The minimum absolute atomic E-state index is 0.0591. The Labute approximate surface area is 74.4 Å². The number of carbonyl (C=O) groups excluding carboxylic acids is 1. The summed E-state index contributed by atoms with van der Waals surface area (Å²) in [6.45, 7) is 5.81. The third-order valence-electron chi connectivity index (χ3n) is 1.45. The summed E-state index contributed by atoms with van der Waals surface area (Å²) in [5.41, 5.74) is 0.878. The first kappa shape index (κ1) is 11.0. The average Bonchev–Trinajstić information content (AvgIpc) is 2.11. The van der Waals surface area contributed by atoms with Gasteiger partial charge in [0, 0.05) is 12.1 Å². The van der Waals surface area contributed by atoms with Crippen LogP contribution in [0.5, 0.6) is 0 Å². The third-order valence-corrected chi connectivity index (χ3v) is 1.45. The molecule has 0 heterocycles. The van der Waals surface area contributed by atoms with E-state index in [-0.39, 0.29) is 5.91 Å². The Hall–Kier alpha value is -1.05. The summed E-state index contributed by atoms with van der Waals surface area (Å²) in [6, 6.07) is 0. The van der Waals surface area contributed by atoms with E-state index in [2.05, 4.69) is 12.2 Å². The third kappa shape index (κ3) is 4.72. The van der Waals surface area contributed by atoms with Gasteiger partial charge < -0.3 is 5.32 Å². The summed E-state index contributed by atoms with van der Waals surface area (Å²) >= 11 is 0. The van der Waals surface area contributed by atoms with Gasteiger partial charge in [-0.2, -0.15) is 0 Å². The topological polar surface area (TPSA) is 29.1 Å². The molecule has 0 saturated heterocycles. The SMILES string of the molecule is C/C=C(\C=C/CC)NC(=O)CC. The summed E-state index contributed by atoms with van der Waals surface area (Å²) in [5, 5.41) is 2.79. The molecule has 0 aromatic carbocycles. The van der Waals surface area contributed by atoms with Crippen molar-refractivity contribution >= 4 is 5.91 Å². The first-order chi connectivity index (χ1) is 5.74. The number of hydrogen-bond acceptors (Lipinski definition) is 1. The Balaban J connectivity index is 4.02. The Kier molecular flexibility index (Phi) is 6.07. The van der Waals surface area contributed by atoms with Crippen LogP contribution in [0.25, 0.3) is 0 Å². The first-order valence-electron chi connectivity index (χ1n) is 4.37. The second kappa shape index (κ2) is 6.65. The van der Waals surface area contributed by atoms with Crippen molar-refractivity contribution in [1.82, 2.24) is 5.32 Å². The molecule has 0 aliphatic carbocycles. The van der Waals surface area contributed by atoms with Crippen LogP contribution in [0.2, 0.25) is 0 Å². The molecule has 0 aromatic heterocycles. The van der Waals surface area contributed by atoms with E-state index in [4.69, 9.17) is 0 Å². The van der Waals surface area contributed by atoms with Crippen molar-refractivity contribution in [1.29, 1.82) is 0 Å². The molecule has 2 nitrogen and oxygen atoms in total. The monoisotopic (exact) mass is 167 g/mol. The number of rotatable bonds is 4. The van der Waals surface area contributed by atoms with Crippen LogP contribution in [0, 0.1) is 0 Å². The number of carbonyl (C=O) groups is 1. The van der Waals surface area contributed by atoms with Crippen LogP contribution in [0.3, 0.4) is 0 Å². The molecule has 0 bridgehead atoms. The molecule has 1 N–H and O–H groups in total. The lowest BCUT2D eigenvalue weighted by Gasteiger charge is -2.02. The lowest BCUT2D eigenvalue weighted by atomic mass is 10.3. The van der Waals surface area contributed by atoms with Crippen molar-refractivity contribution in [3.05, 3.63) is 23.9 Å². The molecule has 0 unspecified atom stereocenters. The van der Waals surface area contributed by atoms with Crippen LogP contribution >= 0.6 is 0 Å². The van der Waals surface area contributed by atoms with Gasteiger partial charge in [-0.15, -0.1) is 0 Å². The van der Waals surface area contributed by atoms with Crippen LogP contribution in [0.15, 0.2) is 23.9 Å². The van der Waals surface area contributed by atoms with Gasteiger partial charge in [-0.05, 0) is 19.4 Å². The summed E-state index contributed by atoms with van der Waals surface area (Å²) in [4.78, 5) is 11.0. The Morgan fingerprint density at radius 1 is 1.42 bits per heavy atom.